The van der Waals surface area contributed by atoms with Gasteiger partial charge in [-0.2, -0.15) is 0 Å². The van der Waals surface area contributed by atoms with Crippen molar-refractivity contribution in [3.8, 4) is 5.75 Å². The van der Waals surface area contributed by atoms with Crippen molar-refractivity contribution in [1.82, 2.24) is 16.0 Å². The molecule has 4 N–H and O–H groups in total. The zero-order valence-electron chi connectivity index (χ0n) is 15.7. The van der Waals surface area contributed by atoms with Crippen LogP contribution in [0.15, 0.2) is 24.3 Å². The summed E-state index contributed by atoms with van der Waals surface area (Å²) in [5.41, 5.74) is 0.328. The third-order valence-electron chi connectivity index (χ3n) is 3.73. The van der Waals surface area contributed by atoms with Crippen LogP contribution < -0.4 is 20.7 Å². The lowest BCUT2D eigenvalue weighted by molar-refractivity contribution is -0.139. The molecule has 10 nitrogen and oxygen atoms in total. The van der Waals surface area contributed by atoms with E-state index in [1.54, 1.807) is 12.1 Å². The highest BCUT2D eigenvalue weighted by atomic mass is 16.5. The molecule has 0 aliphatic carbocycles. The number of benzene rings is 1. The Labute approximate surface area is 161 Å². The molecule has 0 heterocycles. The lowest BCUT2D eigenvalue weighted by Crippen LogP contribution is -2.53. The number of hydrogen-bond donors (Lipinski definition) is 4. The predicted molar refractivity (Wildman–Crippen MR) is 97.8 cm³/mol. The summed E-state index contributed by atoms with van der Waals surface area (Å²) in [5.74, 6) is -2.49. The molecule has 0 radical (unpaired) electrons. The van der Waals surface area contributed by atoms with Gasteiger partial charge >= 0.3 is 5.97 Å². The topological polar surface area (TPSA) is 151 Å². The van der Waals surface area contributed by atoms with Crippen LogP contribution in [0.2, 0.25) is 0 Å². The first-order valence-corrected chi connectivity index (χ1v) is 8.40. The van der Waals surface area contributed by atoms with Crippen molar-refractivity contribution in [1.29, 1.82) is 0 Å². The second-order valence-electron chi connectivity index (χ2n) is 6.00. The maximum atomic E-state index is 12.2. The number of aliphatic carboxylic acids is 1. The van der Waals surface area contributed by atoms with Crippen LogP contribution in [0.5, 0.6) is 5.75 Å². The van der Waals surface area contributed by atoms with Gasteiger partial charge in [0.05, 0.1) is 19.6 Å². The van der Waals surface area contributed by atoms with Crippen molar-refractivity contribution >= 4 is 30.0 Å². The fraction of sp³-hybridized carbons (Fsp3) is 0.389. The standard InChI is InChI=1S/C18H23N3O7/c1-10(20-18(27)12-4-6-14(28-3)7-5-12)16(25)19-11(2)17(26)21-13(9-22)8-15(23)24/h4-7,9-11,13H,8H2,1-3H3,(H,19,25)(H,20,27)(H,21,26)(H,23,24)/t10?,11-,13?/m0/s1. The minimum absolute atomic E-state index is 0.304. The number of nitrogens with one attached hydrogen (secondary N) is 3. The third-order valence-corrected chi connectivity index (χ3v) is 3.73. The summed E-state index contributed by atoms with van der Waals surface area (Å²) < 4.78 is 5.00. The Balaban J connectivity index is 2.57. The predicted octanol–water partition coefficient (Wildman–Crippen LogP) is -0.523. The first-order valence-electron chi connectivity index (χ1n) is 8.40. The highest BCUT2D eigenvalue weighted by Gasteiger charge is 2.23. The minimum Gasteiger partial charge on any atom is -0.497 e. The van der Waals surface area contributed by atoms with Crippen LogP contribution in [0.3, 0.4) is 0 Å². The molecular formula is C18H23N3O7. The highest BCUT2D eigenvalue weighted by Crippen LogP contribution is 2.11. The van der Waals surface area contributed by atoms with E-state index in [1.165, 1.54) is 33.1 Å². The van der Waals surface area contributed by atoms with Crippen molar-refractivity contribution in [2.75, 3.05) is 7.11 Å². The normalized spacial score (nSPS) is 13.4. The van der Waals surface area contributed by atoms with Gasteiger partial charge in [-0.05, 0) is 38.1 Å². The van der Waals surface area contributed by atoms with Crippen molar-refractivity contribution < 1.29 is 33.8 Å². The molecule has 0 aliphatic heterocycles. The van der Waals surface area contributed by atoms with E-state index in [4.69, 9.17) is 9.84 Å². The summed E-state index contributed by atoms with van der Waals surface area (Å²) in [5, 5.41) is 15.8. The zero-order chi connectivity index (χ0) is 21.3. The molecule has 0 bridgehead atoms. The molecule has 0 fully saturated rings. The van der Waals surface area contributed by atoms with Crippen LogP contribution in [0.25, 0.3) is 0 Å². The monoisotopic (exact) mass is 393 g/mol. The van der Waals surface area contributed by atoms with E-state index in [0.29, 0.717) is 17.6 Å². The quantitative estimate of drug-likeness (QED) is 0.390. The Bertz CT molecular complexity index is 733. The van der Waals surface area contributed by atoms with Gasteiger partial charge < -0.3 is 30.6 Å². The summed E-state index contributed by atoms with van der Waals surface area (Å²) in [6.07, 6.45) is -0.261. The van der Waals surface area contributed by atoms with Crippen LogP contribution in [0, 0.1) is 0 Å². The lowest BCUT2D eigenvalue weighted by Gasteiger charge is -2.19. The molecule has 1 aromatic carbocycles. The van der Waals surface area contributed by atoms with E-state index < -0.39 is 48.2 Å². The fourth-order valence-corrected chi connectivity index (χ4v) is 2.12. The number of rotatable bonds is 10. The molecule has 1 rings (SSSR count). The zero-order valence-corrected chi connectivity index (χ0v) is 15.7. The molecule has 0 spiro atoms. The van der Waals surface area contributed by atoms with Gasteiger partial charge in [0.25, 0.3) is 5.91 Å². The Morgan fingerprint density at radius 3 is 2.04 bits per heavy atom. The van der Waals surface area contributed by atoms with Gasteiger partial charge in [0, 0.05) is 5.56 Å². The maximum absolute atomic E-state index is 12.2. The highest BCUT2D eigenvalue weighted by molar-refractivity contribution is 5.98. The molecule has 10 heteroatoms. The van der Waals surface area contributed by atoms with E-state index in [-0.39, 0.29) is 0 Å². The molecule has 152 valence electrons. The molecule has 3 amide bonds. The molecule has 28 heavy (non-hydrogen) atoms. The van der Waals surface area contributed by atoms with Crippen LogP contribution in [-0.4, -0.2) is 60.3 Å². The molecule has 0 saturated heterocycles. The van der Waals surface area contributed by atoms with Gasteiger partial charge in [-0.3, -0.25) is 19.2 Å². The molecule has 0 aromatic heterocycles. The number of ether oxygens (including phenoxy) is 1. The van der Waals surface area contributed by atoms with Crippen LogP contribution in [0.1, 0.15) is 30.6 Å². The molecule has 1 aromatic rings. The molecule has 3 atom stereocenters. The number of carbonyl (C=O) groups is 5. The number of methoxy groups -OCH3 is 1. The Kier molecular flexibility index (Phi) is 8.60. The van der Waals surface area contributed by atoms with E-state index in [2.05, 4.69) is 16.0 Å². The molecule has 2 unspecified atom stereocenters. The van der Waals surface area contributed by atoms with E-state index in [0.717, 1.165) is 0 Å². The fourth-order valence-electron chi connectivity index (χ4n) is 2.12. The van der Waals surface area contributed by atoms with Gasteiger partial charge in [0.2, 0.25) is 11.8 Å². The van der Waals surface area contributed by atoms with Crippen LogP contribution >= 0.6 is 0 Å². The van der Waals surface area contributed by atoms with Crippen LogP contribution in [0.4, 0.5) is 0 Å². The van der Waals surface area contributed by atoms with Crippen molar-refractivity contribution in [3.63, 3.8) is 0 Å². The maximum Gasteiger partial charge on any atom is 0.305 e. The Morgan fingerprint density at radius 2 is 1.54 bits per heavy atom. The van der Waals surface area contributed by atoms with Gasteiger partial charge in [-0.15, -0.1) is 0 Å². The summed E-state index contributed by atoms with van der Waals surface area (Å²) in [4.78, 5) is 57.7. The summed E-state index contributed by atoms with van der Waals surface area (Å²) in [6.45, 7) is 2.81. The Morgan fingerprint density at radius 1 is 1.00 bits per heavy atom. The number of aldehydes is 1. The molecule has 0 aliphatic rings. The van der Waals surface area contributed by atoms with Crippen molar-refractivity contribution in [3.05, 3.63) is 29.8 Å². The van der Waals surface area contributed by atoms with E-state index >= 15 is 0 Å². The van der Waals surface area contributed by atoms with E-state index in [1.807, 2.05) is 0 Å². The average Bonchev–Trinajstić information content (AvgIpc) is 2.66. The first kappa shape index (κ1) is 22.6. The number of carboxylic acid groups (broad SMARTS) is 1. The summed E-state index contributed by atoms with van der Waals surface area (Å²) >= 11 is 0. The Hall–Kier alpha value is -3.43. The summed E-state index contributed by atoms with van der Waals surface area (Å²) in [6, 6.07) is 3.11. The number of hydrogen-bond acceptors (Lipinski definition) is 6. The second-order valence-corrected chi connectivity index (χ2v) is 6.00. The van der Waals surface area contributed by atoms with Crippen molar-refractivity contribution in [2.24, 2.45) is 0 Å². The smallest absolute Gasteiger partial charge is 0.305 e. The minimum atomic E-state index is -1.25. The molecular weight excluding hydrogens is 370 g/mol. The number of carbonyl (C=O) groups excluding carboxylic acids is 4. The third kappa shape index (κ3) is 7.06. The largest absolute Gasteiger partial charge is 0.497 e. The number of amides is 3. The van der Waals surface area contributed by atoms with Gasteiger partial charge in [0.15, 0.2) is 0 Å². The van der Waals surface area contributed by atoms with E-state index in [9.17, 15) is 24.0 Å². The lowest BCUT2D eigenvalue weighted by atomic mass is 10.1. The van der Waals surface area contributed by atoms with Gasteiger partial charge in [-0.25, -0.2) is 0 Å². The summed E-state index contributed by atoms with van der Waals surface area (Å²) in [7, 11) is 1.50. The number of carboxylic acids is 1. The van der Waals surface area contributed by atoms with Crippen LogP contribution in [-0.2, 0) is 19.2 Å². The van der Waals surface area contributed by atoms with Gasteiger partial charge in [0.1, 0.15) is 24.1 Å². The van der Waals surface area contributed by atoms with Crippen molar-refractivity contribution in [2.45, 2.75) is 38.4 Å². The second kappa shape index (κ2) is 10.7. The average molecular weight is 393 g/mol. The van der Waals surface area contributed by atoms with Gasteiger partial charge in [-0.1, -0.05) is 0 Å². The SMILES string of the molecule is COc1ccc(C(=O)NC(C)C(=O)N[C@@H](C)C(=O)NC(C=O)CC(=O)O)cc1. The molecule has 0 saturated carbocycles. The first-order chi connectivity index (χ1) is 13.2.